The van der Waals surface area contributed by atoms with Crippen LogP contribution in [0.25, 0.3) is 33.1 Å². The number of benzene rings is 3. The minimum atomic E-state index is -0.723. The lowest BCUT2D eigenvalue weighted by Crippen LogP contribution is -2.33. The number of H-pyrrole nitrogens is 1. The number of nitrogens with one attached hydrogen (secondary N) is 2. The van der Waals surface area contributed by atoms with Crippen molar-refractivity contribution >= 4 is 55.6 Å². The zero-order valence-corrected chi connectivity index (χ0v) is 23.4. The summed E-state index contributed by atoms with van der Waals surface area (Å²) < 4.78 is 5.05. The number of thiazole rings is 1. The van der Waals surface area contributed by atoms with E-state index in [1.54, 1.807) is 6.92 Å². The van der Waals surface area contributed by atoms with E-state index in [0.29, 0.717) is 17.1 Å². The Morgan fingerprint density at radius 3 is 2.73 bits per heavy atom. The highest BCUT2D eigenvalue weighted by molar-refractivity contribution is 7.14. The number of anilines is 3. The molecule has 204 valence electrons. The van der Waals surface area contributed by atoms with Crippen molar-refractivity contribution in [2.75, 3.05) is 23.9 Å². The lowest BCUT2D eigenvalue weighted by atomic mass is 9.94. The van der Waals surface area contributed by atoms with Gasteiger partial charge < -0.3 is 19.9 Å². The standard InChI is InChI=1S/C31H31N5O3S/c1-3-39-30(38)28-29(37)33-23-16-25(27(17-24(23)32-28)36(2)20-12-5-4-6-13-20)34-31-35-26(18-40-31)22-15-9-11-19-10-7-8-14-21(19)22/h7-11,14-18,20H,3-6,12-13H2,1-2H3,(H,33,37)(H,34,35). The van der Waals surface area contributed by atoms with Crippen LogP contribution in [0.3, 0.4) is 0 Å². The summed E-state index contributed by atoms with van der Waals surface area (Å²) in [5.74, 6) is -0.723. The number of carbonyl (C=O) groups is 1. The smallest absolute Gasteiger partial charge is 0.362 e. The number of nitrogens with zero attached hydrogens (tertiary/aromatic N) is 3. The van der Waals surface area contributed by atoms with Crippen molar-refractivity contribution in [1.82, 2.24) is 15.0 Å². The first-order valence-corrected chi connectivity index (χ1v) is 14.6. The van der Waals surface area contributed by atoms with Gasteiger partial charge in [-0.05, 0) is 42.7 Å². The first-order valence-electron chi connectivity index (χ1n) is 13.7. The maximum Gasteiger partial charge on any atom is 0.362 e. The molecule has 0 spiro atoms. The number of aromatic nitrogens is 3. The van der Waals surface area contributed by atoms with Gasteiger partial charge in [0.2, 0.25) is 5.69 Å². The Balaban J connectivity index is 1.41. The predicted octanol–water partition coefficient (Wildman–Crippen LogP) is 6.89. The van der Waals surface area contributed by atoms with Crippen LogP contribution < -0.4 is 15.8 Å². The average molecular weight is 554 g/mol. The van der Waals surface area contributed by atoms with Gasteiger partial charge in [-0.3, -0.25) is 4.79 Å². The molecule has 6 rings (SSSR count). The summed E-state index contributed by atoms with van der Waals surface area (Å²) in [6.07, 6.45) is 5.89. The Morgan fingerprint density at radius 1 is 1.10 bits per heavy atom. The Labute approximate surface area is 236 Å². The largest absolute Gasteiger partial charge is 0.461 e. The highest BCUT2D eigenvalue weighted by atomic mass is 32.1. The maximum atomic E-state index is 12.7. The van der Waals surface area contributed by atoms with Gasteiger partial charge in [-0.1, -0.05) is 61.7 Å². The molecule has 0 unspecified atom stereocenters. The van der Waals surface area contributed by atoms with Crippen LogP contribution >= 0.6 is 11.3 Å². The Hall–Kier alpha value is -4.24. The summed E-state index contributed by atoms with van der Waals surface area (Å²) in [6, 6.07) is 18.8. The molecule has 3 aromatic carbocycles. The summed E-state index contributed by atoms with van der Waals surface area (Å²) in [5, 5.41) is 8.67. The van der Waals surface area contributed by atoms with Gasteiger partial charge in [0.15, 0.2) is 5.13 Å². The highest BCUT2D eigenvalue weighted by Gasteiger charge is 2.23. The Morgan fingerprint density at radius 2 is 1.90 bits per heavy atom. The molecule has 2 aromatic heterocycles. The second kappa shape index (κ2) is 11.1. The van der Waals surface area contributed by atoms with E-state index in [-0.39, 0.29) is 12.3 Å². The lowest BCUT2D eigenvalue weighted by molar-refractivity contribution is 0.0517. The van der Waals surface area contributed by atoms with Crippen molar-refractivity contribution in [3.05, 3.63) is 76.0 Å². The van der Waals surface area contributed by atoms with Gasteiger partial charge in [-0.25, -0.2) is 14.8 Å². The van der Waals surface area contributed by atoms with Gasteiger partial charge in [0.1, 0.15) is 0 Å². The summed E-state index contributed by atoms with van der Waals surface area (Å²) in [6.45, 7) is 1.87. The van der Waals surface area contributed by atoms with E-state index < -0.39 is 11.5 Å². The van der Waals surface area contributed by atoms with Gasteiger partial charge in [0.05, 0.1) is 34.7 Å². The minimum absolute atomic E-state index is 0.172. The zero-order chi connectivity index (χ0) is 27.6. The summed E-state index contributed by atoms with van der Waals surface area (Å²) in [4.78, 5) is 39.5. The number of ether oxygens (including phenoxy) is 1. The van der Waals surface area contributed by atoms with Crippen molar-refractivity contribution in [3.63, 3.8) is 0 Å². The third-order valence-corrected chi connectivity index (χ3v) is 8.35. The molecular formula is C31H31N5O3S. The van der Waals surface area contributed by atoms with Crippen molar-refractivity contribution < 1.29 is 9.53 Å². The van der Waals surface area contributed by atoms with Crippen molar-refractivity contribution in [2.24, 2.45) is 0 Å². The highest BCUT2D eigenvalue weighted by Crippen LogP contribution is 2.37. The molecule has 5 aromatic rings. The van der Waals surface area contributed by atoms with Crippen LogP contribution in [-0.4, -0.2) is 40.6 Å². The molecule has 0 amide bonds. The second-order valence-electron chi connectivity index (χ2n) is 10.1. The van der Waals surface area contributed by atoms with E-state index in [9.17, 15) is 9.59 Å². The predicted molar refractivity (Wildman–Crippen MR) is 162 cm³/mol. The van der Waals surface area contributed by atoms with Gasteiger partial charge >= 0.3 is 5.97 Å². The second-order valence-corrected chi connectivity index (χ2v) is 11.0. The molecule has 0 saturated heterocycles. The van der Waals surface area contributed by atoms with Crippen LogP contribution in [0.15, 0.2) is 64.8 Å². The summed E-state index contributed by atoms with van der Waals surface area (Å²) >= 11 is 1.53. The fourth-order valence-corrected chi connectivity index (χ4v) is 6.26. The number of esters is 1. The third-order valence-electron chi connectivity index (χ3n) is 7.59. The average Bonchev–Trinajstić information content (AvgIpc) is 3.44. The zero-order valence-electron chi connectivity index (χ0n) is 22.6. The van der Waals surface area contributed by atoms with Crippen LogP contribution in [0.2, 0.25) is 0 Å². The summed E-state index contributed by atoms with van der Waals surface area (Å²) in [7, 11) is 2.10. The number of carbonyl (C=O) groups excluding carboxylic acids is 1. The number of fused-ring (bicyclic) bond motifs is 2. The van der Waals surface area contributed by atoms with Crippen molar-refractivity contribution in [1.29, 1.82) is 0 Å². The number of aromatic amines is 1. The van der Waals surface area contributed by atoms with E-state index >= 15 is 0 Å². The van der Waals surface area contributed by atoms with Crippen LogP contribution in [0.1, 0.15) is 49.5 Å². The van der Waals surface area contributed by atoms with Gasteiger partial charge in [0.25, 0.3) is 5.56 Å². The quantitative estimate of drug-likeness (QED) is 0.212. The molecule has 0 bridgehead atoms. The van der Waals surface area contributed by atoms with Crippen LogP contribution in [0, 0.1) is 0 Å². The van der Waals surface area contributed by atoms with Crippen LogP contribution in [0.5, 0.6) is 0 Å². The van der Waals surface area contributed by atoms with E-state index in [4.69, 9.17) is 9.72 Å². The first kappa shape index (κ1) is 26.0. The molecule has 1 aliphatic carbocycles. The molecule has 8 nitrogen and oxygen atoms in total. The molecule has 1 aliphatic rings. The van der Waals surface area contributed by atoms with E-state index in [2.05, 4.69) is 62.9 Å². The van der Waals surface area contributed by atoms with Crippen LogP contribution in [-0.2, 0) is 4.74 Å². The lowest BCUT2D eigenvalue weighted by Gasteiger charge is -2.34. The Bertz CT molecular complexity index is 1750. The normalized spacial score (nSPS) is 13.9. The Kier molecular flexibility index (Phi) is 7.21. The number of hydrogen-bond acceptors (Lipinski definition) is 8. The number of hydrogen-bond donors (Lipinski definition) is 2. The van der Waals surface area contributed by atoms with Crippen molar-refractivity contribution in [3.8, 4) is 11.3 Å². The SMILES string of the molecule is CCOC(=O)c1nc2cc(N(C)C3CCCCC3)c(Nc3nc(-c4cccc5ccccc45)cs3)cc2[nH]c1=O. The molecule has 2 heterocycles. The molecule has 1 fully saturated rings. The molecule has 2 N–H and O–H groups in total. The molecular weight excluding hydrogens is 522 g/mol. The monoisotopic (exact) mass is 553 g/mol. The molecule has 0 radical (unpaired) electrons. The van der Waals surface area contributed by atoms with Crippen molar-refractivity contribution in [2.45, 2.75) is 45.1 Å². The maximum absolute atomic E-state index is 12.7. The fourth-order valence-electron chi connectivity index (χ4n) is 5.54. The van der Waals surface area contributed by atoms with E-state index in [1.165, 1.54) is 36.0 Å². The minimum Gasteiger partial charge on any atom is -0.461 e. The topological polar surface area (TPSA) is 100 Å². The third kappa shape index (κ3) is 5.04. The molecule has 0 aliphatic heterocycles. The molecule has 0 atom stereocenters. The summed E-state index contributed by atoms with van der Waals surface area (Å²) in [5.41, 5.74) is 4.01. The number of rotatable bonds is 7. The van der Waals surface area contributed by atoms with E-state index in [1.807, 2.05) is 24.3 Å². The molecule has 9 heteroatoms. The van der Waals surface area contributed by atoms with E-state index in [0.717, 1.165) is 46.0 Å². The first-order chi connectivity index (χ1) is 19.5. The van der Waals surface area contributed by atoms with Gasteiger partial charge in [0, 0.05) is 24.0 Å². The fraction of sp³-hybridized carbons (Fsp3) is 0.290. The van der Waals surface area contributed by atoms with Gasteiger partial charge in [-0.2, -0.15) is 0 Å². The van der Waals surface area contributed by atoms with Gasteiger partial charge in [-0.15, -0.1) is 11.3 Å². The molecule has 40 heavy (non-hydrogen) atoms. The van der Waals surface area contributed by atoms with Crippen LogP contribution in [0.4, 0.5) is 16.5 Å². The molecule has 1 saturated carbocycles.